The van der Waals surface area contributed by atoms with Crippen LogP contribution >= 0.6 is 0 Å². The SMILES string of the molecule is NCc1ncc2ccccn12. The summed E-state index contributed by atoms with van der Waals surface area (Å²) in [5.41, 5.74) is 6.57. The van der Waals surface area contributed by atoms with Gasteiger partial charge in [0, 0.05) is 6.20 Å². The minimum Gasteiger partial charge on any atom is -0.324 e. The van der Waals surface area contributed by atoms with Crippen molar-refractivity contribution < 1.29 is 0 Å². The van der Waals surface area contributed by atoms with E-state index in [1.807, 2.05) is 35.0 Å². The maximum absolute atomic E-state index is 5.48. The highest BCUT2D eigenvalue weighted by Crippen LogP contribution is 2.04. The van der Waals surface area contributed by atoms with E-state index in [9.17, 15) is 0 Å². The lowest BCUT2D eigenvalue weighted by Gasteiger charge is -1.95. The molecular formula is C8H9N3. The van der Waals surface area contributed by atoms with E-state index in [0.717, 1.165) is 11.3 Å². The second kappa shape index (κ2) is 2.36. The Labute approximate surface area is 64.5 Å². The highest BCUT2D eigenvalue weighted by Gasteiger charge is 1.97. The Kier molecular flexibility index (Phi) is 1.36. The van der Waals surface area contributed by atoms with E-state index in [0.29, 0.717) is 6.54 Å². The van der Waals surface area contributed by atoms with E-state index < -0.39 is 0 Å². The lowest BCUT2D eigenvalue weighted by atomic mass is 10.4. The average Bonchev–Trinajstić information content (AvgIpc) is 2.47. The Bertz CT molecular complexity index is 364. The standard InChI is InChI=1S/C8H9N3/c9-5-8-10-6-7-3-1-2-4-11(7)8/h1-4,6H,5,9H2. The molecule has 11 heavy (non-hydrogen) atoms. The zero-order valence-electron chi connectivity index (χ0n) is 6.07. The fraction of sp³-hybridized carbons (Fsp3) is 0.125. The molecule has 0 spiro atoms. The van der Waals surface area contributed by atoms with Gasteiger partial charge in [0.2, 0.25) is 0 Å². The third-order valence-electron chi connectivity index (χ3n) is 1.70. The van der Waals surface area contributed by atoms with Crippen molar-refractivity contribution in [2.75, 3.05) is 0 Å². The van der Waals surface area contributed by atoms with Crippen molar-refractivity contribution in [2.24, 2.45) is 5.73 Å². The number of hydrogen-bond donors (Lipinski definition) is 1. The van der Waals surface area contributed by atoms with E-state index in [1.54, 1.807) is 0 Å². The Morgan fingerprint density at radius 1 is 1.45 bits per heavy atom. The number of aromatic nitrogens is 2. The van der Waals surface area contributed by atoms with E-state index in [1.165, 1.54) is 0 Å². The summed E-state index contributed by atoms with van der Waals surface area (Å²) < 4.78 is 1.99. The van der Waals surface area contributed by atoms with Gasteiger partial charge in [-0.05, 0) is 12.1 Å². The van der Waals surface area contributed by atoms with Gasteiger partial charge in [0.15, 0.2) is 0 Å². The Morgan fingerprint density at radius 3 is 3.18 bits per heavy atom. The molecule has 2 aromatic heterocycles. The molecule has 2 heterocycles. The van der Waals surface area contributed by atoms with Gasteiger partial charge in [-0.3, -0.25) is 0 Å². The molecule has 0 aliphatic heterocycles. The molecule has 2 N–H and O–H groups in total. The van der Waals surface area contributed by atoms with Crippen LogP contribution in [0.25, 0.3) is 5.52 Å². The maximum atomic E-state index is 5.48. The van der Waals surface area contributed by atoms with Crippen molar-refractivity contribution in [3.8, 4) is 0 Å². The second-order valence-electron chi connectivity index (χ2n) is 2.37. The summed E-state index contributed by atoms with van der Waals surface area (Å²) in [6, 6.07) is 5.96. The molecule has 0 fully saturated rings. The van der Waals surface area contributed by atoms with Crippen LogP contribution in [0.3, 0.4) is 0 Å². The predicted molar refractivity (Wildman–Crippen MR) is 43.1 cm³/mol. The molecule has 0 aromatic carbocycles. The molecule has 0 aliphatic carbocycles. The largest absolute Gasteiger partial charge is 0.324 e. The first-order chi connectivity index (χ1) is 5.42. The molecule has 0 aliphatic rings. The van der Waals surface area contributed by atoms with Crippen LogP contribution in [0.5, 0.6) is 0 Å². The third-order valence-corrected chi connectivity index (χ3v) is 1.70. The fourth-order valence-corrected chi connectivity index (χ4v) is 1.15. The first kappa shape index (κ1) is 6.37. The predicted octanol–water partition coefficient (Wildman–Crippen LogP) is 0.793. The number of pyridine rings is 1. The third kappa shape index (κ3) is 0.897. The van der Waals surface area contributed by atoms with Crippen molar-refractivity contribution in [3.05, 3.63) is 36.4 Å². The molecule has 3 heteroatoms. The van der Waals surface area contributed by atoms with E-state index >= 15 is 0 Å². The summed E-state index contributed by atoms with van der Waals surface area (Å²) >= 11 is 0. The molecule has 0 saturated heterocycles. The van der Waals surface area contributed by atoms with Crippen LogP contribution in [0.15, 0.2) is 30.6 Å². The van der Waals surface area contributed by atoms with Crippen molar-refractivity contribution in [3.63, 3.8) is 0 Å². The zero-order valence-corrected chi connectivity index (χ0v) is 6.07. The normalized spacial score (nSPS) is 10.6. The highest BCUT2D eigenvalue weighted by molar-refractivity contribution is 5.45. The van der Waals surface area contributed by atoms with Crippen LogP contribution < -0.4 is 5.73 Å². The topological polar surface area (TPSA) is 43.3 Å². The Balaban J connectivity index is 2.76. The summed E-state index contributed by atoms with van der Waals surface area (Å²) in [7, 11) is 0. The zero-order chi connectivity index (χ0) is 7.68. The van der Waals surface area contributed by atoms with E-state index in [4.69, 9.17) is 5.73 Å². The van der Waals surface area contributed by atoms with E-state index in [2.05, 4.69) is 4.98 Å². The molecule has 2 aromatic rings. The van der Waals surface area contributed by atoms with E-state index in [-0.39, 0.29) is 0 Å². The molecule has 0 atom stereocenters. The van der Waals surface area contributed by atoms with Gasteiger partial charge in [-0.25, -0.2) is 4.98 Å². The molecule has 0 saturated carbocycles. The first-order valence-electron chi connectivity index (χ1n) is 3.53. The molecule has 0 bridgehead atoms. The van der Waals surface area contributed by atoms with Crippen LogP contribution in [0, 0.1) is 0 Å². The molecule has 3 nitrogen and oxygen atoms in total. The van der Waals surface area contributed by atoms with Gasteiger partial charge in [-0.15, -0.1) is 0 Å². The Hall–Kier alpha value is -1.35. The van der Waals surface area contributed by atoms with Crippen LogP contribution in [0.2, 0.25) is 0 Å². The fourth-order valence-electron chi connectivity index (χ4n) is 1.15. The van der Waals surface area contributed by atoms with Gasteiger partial charge in [0.25, 0.3) is 0 Å². The first-order valence-corrected chi connectivity index (χ1v) is 3.53. The maximum Gasteiger partial charge on any atom is 0.127 e. The van der Waals surface area contributed by atoms with Crippen LogP contribution in [0.1, 0.15) is 5.82 Å². The van der Waals surface area contributed by atoms with Gasteiger partial charge in [0.05, 0.1) is 18.3 Å². The summed E-state index contributed by atoms with van der Waals surface area (Å²) in [4.78, 5) is 4.15. The van der Waals surface area contributed by atoms with Gasteiger partial charge in [-0.2, -0.15) is 0 Å². The number of nitrogens with two attached hydrogens (primary N) is 1. The number of rotatable bonds is 1. The van der Waals surface area contributed by atoms with Crippen LogP contribution in [-0.4, -0.2) is 9.38 Å². The lowest BCUT2D eigenvalue weighted by Crippen LogP contribution is -2.01. The van der Waals surface area contributed by atoms with Crippen LogP contribution in [0.4, 0.5) is 0 Å². The number of hydrogen-bond acceptors (Lipinski definition) is 2. The smallest absolute Gasteiger partial charge is 0.127 e. The lowest BCUT2D eigenvalue weighted by molar-refractivity contribution is 0.903. The van der Waals surface area contributed by atoms with Gasteiger partial charge >= 0.3 is 0 Å². The second-order valence-corrected chi connectivity index (χ2v) is 2.37. The molecular weight excluding hydrogens is 138 g/mol. The molecule has 0 radical (unpaired) electrons. The Morgan fingerprint density at radius 2 is 2.36 bits per heavy atom. The molecule has 56 valence electrons. The average molecular weight is 147 g/mol. The molecule has 0 amide bonds. The molecule has 0 unspecified atom stereocenters. The van der Waals surface area contributed by atoms with Crippen molar-refractivity contribution in [1.82, 2.24) is 9.38 Å². The van der Waals surface area contributed by atoms with Crippen LogP contribution in [-0.2, 0) is 6.54 Å². The summed E-state index contributed by atoms with van der Waals surface area (Å²) in [5.74, 6) is 0.903. The van der Waals surface area contributed by atoms with Gasteiger partial charge in [0.1, 0.15) is 5.82 Å². The molecule has 2 rings (SSSR count). The van der Waals surface area contributed by atoms with Gasteiger partial charge < -0.3 is 10.1 Å². The minimum absolute atomic E-state index is 0.484. The van der Waals surface area contributed by atoms with Crippen molar-refractivity contribution >= 4 is 5.52 Å². The highest BCUT2D eigenvalue weighted by atomic mass is 15.0. The minimum atomic E-state index is 0.484. The monoisotopic (exact) mass is 147 g/mol. The quantitative estimate of drug-likeness (QED) is 0.648. The number of imidazole rings is 1. The summed E-state index contributed by atoms with van der Waals surface area (Å²) in [6.45, 7) is 0.484. The summed E-state index contributed by atoms with van der Waals surface area (Å²) in [6.07, 6.45) is 3.78. The van der Waals surface area contributed by atoms with Gasteiger partial charge in [-0.1, -0.05) is 6.07 Å². The number of nitrogens with zero attached hydrogens (tertiary/aromatic N) is 2. The summed E-state index contributed by atoms with van der Waals surface area (Å²) in [5, 5.41) is 0. The number of fused-ring (bicyclic) bond motifs is 1. The van der Waals surface area contributed by atoms with Crippen molar-refractivity contribution in [1.29, 1.82) is 0 Å². The van der Waals surface area contributed by atoms with Crippen molar-refractivity contribution in [2.45, 2.75) is 6.54 Å².